The maximum Gasteiger partial charge on any atom is 0.143 e. The van der Waals surface area contributed by atoms with E-state index in [2.05, 4.69) is 26.8 Å². The molecule has 3 heterocycles. The smallest absolute Gasteiger partial charge is 0.143 e. The minimum absolute atomic E-state index is 0.615. The molecule has 1 aliphatic rings. The van der Waals surface area contributed by atoms with Gasteiger partial charge in [-0.05, 0) is 18.5 Å². The van der Waals surface area contributed by atoms with Gasteiger partial charge in [-0.15, -0.1) is 0 Å². The van der Waals surface area contributed by atoms with E-state index < -0.39 is 0 Å². The monoisotopic (exact) mass is 231 g/mol. The Morgan fingerprint density at radius 2 is 2.29 bits per heavy atom. The standard InChI is InChI=1S/C12H17N5/c1-2-9-4-14-11-10(9)12(16-7-15-11)17-5-8(3-13)6-17/h4,7-8H,2-3,5-6,13H2,1H3,(H,14,15,16). The summed E-state index contributed by atoms with van der Waals surface area (Å²) in [7, 11) is 0. The lowest BCUT2D eigenvalue weighted by atomic mass is 10.00. The zero-order valence-electron chi connectivity index (χ0n) is 9.98. The lowest BCUT2D eigenvalue weighted by molar-refractivity contribution is 0.418. The summed E-state index contributed by atoms with van der Waals surface area (Å²) < 4.78 is 0. The van der Waals surface area contributed by atoms with Gasteiger partial charge in [-0.2, -0.15) is 0 Å². The van der Waals surface area contributed by atoms with Crippen LogP contribution in [0, 0.1) is 5.92 Å². The van der Waals surface area contributed by atoms with Crippen LogP contribution in [0.1, 0.15) is 12.5 Å². The highest BCUT2D eigenvalue weighted by Gasteiger charge is 2.28. The first-order valence-corrected chi connectivity index (χ1v) is 6.09. The van der Waals surface area contributed by atoms with Gasteiger partial charge in [0.25, 0.3) is 0 Å². The van der Waals surface area contributed by atoms with Crippen LogP contribution in [-0.2, 0) is 6.42 Å². The van der Waals surface area contributed by atoms with E-state index in [9.17, 15) is 0 Å². The SMILES string of the molecule is CCc1c[nH]c2ncnc(N3CC(CN)C3)c12. The first-order valence-electron chi connectivity index (χ1n) is 6.09. The number of H-pyrrole nitrogens is 1. The van der Waals surface area contributed by atoms with Crippen molar-refractivity contribution in [2.75, 3.05) is 24.5 Å². The van der Waals surface area contributed by atoms with Gasteiger partial charge in [0.05, 0.1) is 5.39 Å². The number of nitrogens with two attached hydrogens (primary N) is 1. The third-order valence-electron chi connectivity index (χ3n) is 3.50. The number of fused-ring (bicyclic) bond motifs is 1. The van der Waals surface area contributed by atoms with Crippen molar-refractivity contribution >= 4 is 16.9 Å². The minimum Gasteiger partial charge on any atom is -0.355 e. The Hall–Kier alpha value is -1.62. The van der Waals surface area contributed by atoms with Crippen molar-refractivity contribution in [3.05, 3.63) is 18.1 Å². The Labute approximate surface area is 100 Å². The quantitative estimate of drug-likeness (QED) is 0.824. The van der Waals surface area contributed by atoms with Gasteiger partial charge in [0, 0.05) is 25.2 Å². The van der Waals surface area contributed by atoms with Crippen LogP contribution in [0.25, 0.3) is 11.0 Å². The molecule has 17 heavy (non-hydrogen) atoms. The van der Waals surface area contributed by atoms with Crippen LogP contribution in [0.3, 0.4) is 0 Å². The molecule has 0 amide bonds. The second-order valence-electron chi connectivity index (χ2n) is 4.60. The van der Waals surface area contributed by atoms with Crippen LogP contribution in [0.2, 0.25) is 0 Å². The normalized spacial score (nSPS) is 16.5. The minimum atomic E-state index is 0.615. The summed E-state index contributed by atoms with van der Waals surface area (Å²) >= 11 is 0. The third-order valence-corrected chi connectivity index (χ3v) is 3.50. The summed E-state index contributed by atoms with van der Waals surface area (Å²) in [6.45, 7) is 4.94. The molecule has 0 unspecified atom stereocenters. The van der Waals surface area contributed by atoms with Crippen LogP contribution in [0.15, 0.2) is 12.5 Å². The summed E-state index contributed by atoms with van der Waals surface area (Å²) in [6, 6.07) is 0. The van der Waals surface area contributed by atoms with Crippen LogP contribution < -0.4 is 10.6 Å². The second kappa shape index (κ2) is 4.00. The Balaban J connectivity index is 2.01. The van der Waals surface area contributed by atoms with Crippen LogP contribution in [0.5, 0.6) is 0 Å². The van der Waals surface area contributed by atoms with E-state index >= 15 is 0 Å². The molecule has 1 saturated heterocycles. The van der Waals surface area contributed by atoms with Gasteiger partial charge in [-0.25, -0.2) is 9.97 Å². The topological polar surface area (TPSA) is 70.8 Å². The molecule has 0 bridgehead atoms. The van der Waals surface area contributed by atoms with Crippen molar-refractivity contribution in [1.82, 2.24) is 15.0 Å². The lowest BCUT2D eigenvalue weighted by Crippen LogP contribution is -2.50. The Bertz CT molecular complexity index is 527. The average molecular weight is 231 g/mol. The van der Waals surface area contributed by atoms with Crippen molar-refractivity contribution < 1.29 is 0 Å². The largest absolute Gasteiger partial charge is 0.355 e. The molecular weight excluding hydrogens is 214 g/mol. The average Bonchev–Trinajstić information content (AvgIpc) is 2.71. The Morgan fingerprint density at radius 1 is 1.47 bits per heavy atom. The Morgan fingerprint density at radius 3 is 3.00 bits per heavy atom. The highest BCUT2D eigenvalue weighted by molar-refractivity contribution is 5.91. The number of aromatic nitrogens is 3. The fourth-order valence-corrected chi connectivity index (χ4v) is 2.42. The molecule has 0 atom stereocenters. The van der Waals surface area contributed by atoms with Crippen molar-refractivity contribution in [3.63, 3.8) is 0 Å². The molecule has 5 nitrogen and oxygen atoms in total. The van der Waals surface area contributed by atoms with Gasteiger partial charge in [-0.3, -0.25) is 0 Å². The molecule has 0 aromatic carbocycles. The molecule has 5 heteroatoms. The zero-order valence-corrected chi connectivity index (χ0v) is 9.98. The van der Waals surface area contributed by atoms with Crippen molar-refractivity contribution in [2.24, 2.45) is 11.7 Å². The molecule has 3 N–H and O–H groups in total. The van der Waals surface area contributed by atoms with Gasteiger partial charge in [0.15, 0.2) is 0 Å². The van der Waals surface area contributed by atoms with Crippen molar-refractivity contribution in [1.29, 1.82) is 0 Å². The highest BCUT2D eigenvalue weighted by atomic mass is 15.2. The number of nitrogens with zero attached hydrogens (tertiary/aromatic N) is 3. The van der Waals surface area contributed by atoms with Gasteiger partial charge in [-0.1, -0.05) is 6.92 Å². The van der Waals surface area contributed by atoms with Gasteiger partial charge < -0.3 is 15.6 Å². The van der Waals surface area contributed by atoms with E-state index in [-0.39, 0.29) is 0 Å². The molecule has 0 spiro atoms. The molecule has 1 fully saturated rings. The number of aromatic amines is 1. The molecular formula is C12H17N5. The van der Waals surface area contributed by atoms with Gasteiger partial charge >= 0.3 is 0 Å². The van der Waals surface area contributed by atoms with Gasteiger partial charge in [0.2, 0.25) is 0 Å². The summed E-state index contributed by atoms with van der Waals surface area (Å²) in [5.41, 5.74) is 7.87. The molecule has 0 radical (unpaired) electrons. The van der Waals surface area contributed by atoms with Crippen molar-refractivity contribution in [3.8, 4) is 0 Å². The van der Waals surface area contributed by atoms with E-state index in [4.69, 9.17) is 5.73 Å². The van der Waals surface area contributed by atoms with Crippen molar-refractivity contribution in [2.45, 2.75) is 13.3 Å². The first kappa shape index (κ1) is 10.5. The predicted molar refractivity (Wildman–Crippen MR) is 68.0 cm³/mol. The maximum absolute atomic E-state index is 5.66. The molecule has 2 aromatic heterocycles. The van der Waals surface area contributed by atoms with Crippen LogP contribution in [-0.4, -0.2) is 34.6 Å². The summed E-state index contributed by atoms with van der Waals surface area (Å²) in [5.74, 6) is 1.67. The fourth-order valence-electron chi connectivity index (χ4n) is 2.42. The number of anilines is 1. The highest BCUT2D eigenvalue weighted by Crippen LogP contribution is 2.30. The van der Waals surface area contributed by atoms with Crippen LogP contribution in [0.4, 0.5) is 5.82 Å². The molecule has 2 aromatic rings. The van der Waals surface area contributed by atoms with Gasteiger partial charge in [0.1, 0.15) is 17.8 Å². The lowest BCUT2D eigenvalue weighted by Gasteiger charge is -2.39. The summed E-state index contributed by atoms with van der Waals surface area (Å²) in [5, 5.41) is 1.17. The molecule has 90 valence electrons. The van der Waals surface area contributed by atoms with E-state index in [0.29, 0.717) is 5.92 Å². The number of rotatable bonds is 3. The zero-order chi connectivity index (χ0) is 11.8. The summed E-state index contributed by atoms with van der Waals surface area (Å²) in [6.07, 6.45) is 4.65. The number of hydrogen-bond acceptors (Lipinski definition) is 4. The maximum atomic E-state index is 5.66. The third kappa shape index (κ3) is 1.58. The molecule has 0 saturated carbocycles. The van der Waals surface area contributed by atoms with Crippen LogP contribution >= 0.6 is 0 Å². The molecule has 0 aliphatic carbocycles. The van der Waals surface area contributed by atoms with E-state index in [1.165, 1.54) is 10.9 Å². The first-order chi connectivity index (χ1) is 8.33. The Kier molecular flexibility index (Phi) is 2.48. The predicted octanol–water partition coefficient (Wildman–Crippen LogP) is 0.915. The molecule has 1 aliphatic heterocycles. The van der Waals surface area contributed by atoms with E-state index in [1.54, 1.807) is 6.33 Å². The second-order valence-corrected chi connectivity index (χ2v) is 4.60. The fraction of sp³-hybridized carbons (Fsp3) is 0.500. The number of aryl methyl sites for hydroxylation is 1. The summed E-state index contributed by atoms with van der Waals surface area (Å²) in [4.78, 5) is 14.2. The number of nitrogens with one attached hydrogen (secondary N) is 1. The number of hydrogen-bond donors (Lipinski definition) is 2. The molecule has 3 rings (SSSR count). The van der Waals surface area contributed by atoms with E-state index in [0.717, 1.165) is 37.5 Å². The van der Waals surface area contributed by atoms with E-state index in [1.807, 2.05) is 6.20 Å².